The second-order valence-corrected chi connectivity index (χ2v) is 7.41. The van der Waals surface area contributed by atoms with Gasteiger partial charge in [-0.2, -0.15) is 21.6 Å². The van der Waals surface area contributed by atoms with Gasteiger partial charge in [-0.1, -0.05) is 6.58 Å². The third kappa shape index (κ3) is 3.89. The van der Waals surface area contributed by atoms with Crippen LogP contribution in [0.5, 0.6) is 0 Å². The van der Waals surface area contributed by atoms with Crippen LogP contribution in [0.25, 0.3) is 0 Å². The van der Waals surface area contributed by atoms with E-state index in [4.69, 9.17) is 8.92 Å². The van der Waals surface area contributed by atoms with Gasteiger partial charge >= 0.3 is 18.1 Å². The van der Waals surface area contributed by atoms with Crippen LogP contribution in [0.4, 0.5) is 13.2 Å². The van der Waals surface area contributed by atoms with Gasteiger partial charge in [-0.25, -0.2) is 9.59 Å². The molecular weight excluding hydrogens is 357 g/mol. The zero-order valence-electron chi connectivity index (χ0n) is 12.5. The summed E-state index contributed by atoms with van der Waals surface area (Å²) < 4.78 is 74.3. The fourth-order valence-electron chi connectivity index (χ4n) is 2.45. The summed E-state index contributed by atoms with van der Waals surface area (Å²) in [5.74, 6) is -2.87. The lowest BCUT2D eigenvalue weighted by Gasteiger charge is -2.26. The van der Waals surface area contributed by atoms with Crippen LogP contribution in [0.15, 0.2) is 12.2 Å². The zero-order valence-corrected chi connectivity index (χ0v) is 13.4. The maximum Gasteiger partial charge on any atom is 0.422 e. The lowest BCUT2D eigenvalue weighted by atomic mass is 9.94. The summed E-state index contributed by atoms with van der Waals surface area (Å²) >= 11 is 0. The molecule has 4 atom stereocenters. The van der Waals surface area contributed by atoms with Crippen LogP contribution in [0.2, 0.25) is 0 Å². The van der Waals surface area contributed by atoms with E-state index in [2.05, 4.69) is 11.3 Å². The van der Waals surface area contributed by atoms with E-state index in [0.29, 0.717) is 0 Å². The lowest BCUT2D eigenvalue weighted by Crippen LogP contribution is -2.38. The molecule has 2 bridgehead atoms. The van der Waals surface area contributed by atoms with Gasteiger partial charge in [-0.05, 0) is 26.2 Å². The zero-order chi connectivity index (χ0) is 18.3. The summed E-state index contributed by atoms with van der Waals surface area (Å²) in [6.07, 6.45) is -7.60. The number of alkyl halides is 3. The third-order valence-electron chi connectivity index (χ3n) is 3.82. The molecule has 1 heterocycles. The molecule has 1 aliphatic heterocycles. The van der Waals surface area contributed by atoms with Crippen molar-refractivity contribution in [3.05, 3.63) is 12.2 Å². The standard InChI is InChI=1S/C13H15F3O7S/c1-6(13(14,15)16)11(17)21-7(2)12(18)22-9-4-3-8-5-10(9)23-24(8,19)20/h7-10H,1,3-5H2,2H3. The molecule has 0 spiro atoms. The van der Waals surface area contributed by atoms with Crippen LogP contribution < -0.4 is 0 Å². The van der Waals surface area contributed by atoms with E-state index >= 15 is 0 Å². The molecule has 0 N–H and O–H groups in total. The largest absolute Gasteiger partial charge is 0.457 e. The molecule has 2 aliphatic rings. The maximum atomic E-state index is 12.3. The number of ether oxygens (including phenoxy) is 2. The van der Waals surface area contributed by atoms with Crippen molar-refractivity contribution >= 4 is 22.1 Å². The van der Waals surface area contributed by atoms with Crippen molar-refractivity contribution in [1.82, 2.24) is 0 Å². The summed E-state index contributed by atoms with van der Waals surface area (Å²) in [5, 5.41) is -0.636. The molecule has 0 radical (unpaired) electrons. The predicted octanol–water partition coefficient (Wildman–Crippen LogP) is 1.23. The first kappa shape index (κ1) is 18.7. The molecule has 1 saturated carbocycles. The SMILES string of the molecule is C=C(C(=O)OC(C)C(=O)OC1CCC2CC1OS2(=O)=O)C(F)(F)F. The van der Waals surface area contributed by atoms with Crippen molar-refractivity contribution in [2.75, 3.05) is 0 Å². The minimum absolute atomic E-state index is 0.180. The summed E-state index contributed by atoms with van der Waals surface area (Å²) in [6, 6.07) is 0. The lowest BCUT2D eigenvalue weighted by molar-refractivity contribution is -0.175. The fraction of sp³-hybridized carbons (Fsp3) is 0.692. The number of esters is 2. The molecule has 0 aromatic rings. The van der Waals surface area contributed by atoms with Crippen molar-refractivity contribution < 1.29 is 44.8 Å². The first-order valence-corrected chi connectivity index (χ1v) is 8.48. The second-order valence-electron chi connectivity index (χ2n) is 5.56. The van der Waals surface area contributed by atoms with Gasteiger partial charge in [-0.3, -0.25) is 4.18 Å². The van der Waals surface area contributed by atoms with Gasteiger partial charge in [0.15, 0.2) is 6.10 Å². The highest BCUT2D eigenvalue weighted by molar-refractivity contribution is 7.87. The molecule has 24 heavy (non-hydrogen) atoms. The molecule has 7 nitrogen and oxygen atoms in total. The van der Waals surface area contributed by atoms with Crippen LogP contribution in [-0.4, -0.2) is 50.1 Å². The number of rotatable bonds is 4. The van der Waals surface area contributed by atoms with Crippen LogP contribution in [-0.2, 0) is 33.4 Å². The molecule has 0 aromatic heterocycles. The summed E-state index contributed by atoms with van der Waals surface area (Å²) in [7, 11) is -3.67. The average molecular weight is 372 g/mol. The normalized spacial score (nSPS) is 29.6. The average Bonchev–Trinajstić information content (AvgIpc) is 2.70. The highest BCUT2D eigenvalue weighted by atomic mass is 32.2. The van der Waals surface area contributed by atoms with E-state index in [1.54, 1.807) is 0 Å². The Morgan fingerprint density at radius 3 is 2.50 bits per heavy atom. The fourth-order valence-corrected chi connectivity index (χ4v) is 4.01. The molecule has 1 saturated heterocycles. The summed E-state index contributed by atoms with van der Waals surface area (Å²) in [6.45, 7) is 3.61. The van der Waals surface area contributed by atoms with Crippen molar-refractivity contribution in [2.45, 2.75) is 55.9 Å². The van der Waals surface area contributed by atoms with Gasteiger partial charge in [0.2, 0.25) is 0 Å². The minimum Gasteiger partial charge on any atom is -0.457 e. The van der Waals surface area contributed by atoms with E-state index in [1.807, 2.05) is 0 Å². The van der Waals surface area contributed by atoms with E-state index in [-0.39, 0.29) is 19.3 Å². The Kier molecular flexibility index (Phi) is 4.96. The maximum absolute atomic E-state index is 12.3. The molecule has 11 heteroatoms. The van der Waals surface area contributed by atoms with Gasteiger partial charge < -0.3 is 9.47 Å². The molecule has 136 valence electrons. The Morgan fingerprint density at radius 2 is 1.92 bits per heavy atom. The van der Waals surface area contributed by atoms with E-state index in [1.165, 1.54) is 0 Å². The van der Waals surface area contributed by atoms with Gasteiger partial charge in [-0.15, -0.1) is 0 Å². The van der Waals surface area contributed by atoms with Crippen molar-refractivity contribution in [2.24, 2.45) is 0 Å². The molecule has 0 aromatic carbocycles. The number of hydrogen-bond donors (Lipinski definition) is 0. The van der Waals surface area contributed by atoms with Crippen molar-refractivity contribution in [1.29, 1.82) is 0 Å². The number of hydrogen-bond acceptors (Lipinski definition) is 7. The van der Waals surface area contributed by atoms with E-state index < -0.39 is 57.4 Å². The van der Waals surface area contributed by atoms with Gasteiger partial charge in [0.1, 0.15) is 17.8 Å². The predicted molar refractivity (Wildman–Crippen MR) is 72.1 cm³/mol. The molecule has 1 aliphatic carbocycles. The van der Waals surface area contributed by atoms with Crippen LogP contribution in [0.3, 0.4) is 0 Å². The highest BCUT2D eigenvalue weighted by Gasteiger charge is 2.49. The Labute approximate surface area is 135 Å². The van der Waals surface area contributed by atoms with Crippen LogP contribution in [0.1, 0.15) is 26.2 Å². The molecule has 0 amide bonds. The van der Waals surface area contributed by atoms with Gasteiger partial charge in [0.05, 0.1) is 5.25 Å². The van der Waals surface area contributed by atoms with Crippen molar-refractivity contribution in [3.63, 3.8) is 0 Å². The van der Waals surface area contributed by atoms with E-state index in [9.17, 15) is 31.2 Å². The van der Waals surface area contributed by atoms with Crippen LogP contribution >= 0.6 is 0 Å². The summed E-state index contributed by atoms with van der Waals surface area (Å²) in [5.41, 5.74) is -1.74. The first-order valence-electron chi connectivity index (χ1n) is 7.01. The van der Waals surface area contributed by atoms with Crippen molar-refractivity contribution in [3.8, 4) is 0 Å². The number of halogens is 3. The summed E-state index contributed by atoms with van der Waals surface area (Å²) in [4.78, 5) is 23.1. The van der Waals surface area contributed by atoms with Gasteiger partial charge in [0.25, 0.3) is 10.1 Å². The van der Waals surface area contributed by atoms with Gasteiger partial charge in [0, 0.05) is 0 Å². The Balaban J connectivity index is 1.91. The Morgan fingerprint density at radius 1 is 1.29 bits per heavy atom. The molecule has 4 unspecified atom stereocenters. The first-order chi connectivity index (χ1) is 10.9. The quantitative estimate of drug-likeness (QED) is 0.416. The second kappa shape index (κ2) is 6.36. The monoisotopic (exact) mass is 372 g/mol. The minimum atomic E-state index is -4.97. The van der Waals surface area contributed by atoms with Crippen LogP contribution in [0, 0.1) is 0 Å². The van der Waals surface area contributed by atoms with E-state index in [0.717, 1.165) is 6.92 Å². The number of carbonyl (C=O) groups excluding carboxylic acids is 2. The highest BCUT2D eigenvalue weighted by Crippen LogP contribution is 2.37. The Hall–Kier alpha value is -1.62. The molecule has 2 fully saturated rings. The number of carbonyl (C=O) groups is 2. The third-order valence-corrected chi connectivity index (χ3v) is 5.58. The smallest absolute Gasteiger partial charge is 0.422 e. The topological polar surface area (TPSA) is 96.0 Å². The Bertz CT molecular complexity index is 655. The molecular formula is C13H15F3O7S. The molecule has 2 rings (SSSR count). The number of fused-ring (bicyclic) bond motifs is 2.